The van der Waals surface area contributed by atoms with Gasteiger partial charge in [0.25, 0.3) is 0 Å². The second kappa shape index (κ2) is 3.85. The van der Waals surface area contributed by atoms with Gasteiger partial charge in [-0.05, 0) is 5.56 Å². The lowest BCUT2D eigenvalue weighted by Crippen LogP contribution is -2.37. The van der Waals surface area contributed by atoms with E-state index in [1.165, 1.54) is 5.56 Å². The molecule has 1 aliphatic rings. The molecule has 0 bridgehead atoms. The first-order valence-corrected chi connectivity index (χ1v) is 4.70. The van der Waals surface area contributed by atoms with Gasteiger partial charge >= 0.3 is 0 Å². The summed E-state index contributed by atoms with van der Waals surface area (Å²) in [6, 6.07) is 10.2. The van der Waals surface area contributed by atoms with E-state index in [0.717, 1.165) is 11.5 Å². The van der Waals surface area contributed by atoms with E-state index in [0.29, 0.717) is 6.61 Å². The van der Waals surface area contributed by atoms with Gasteiger partial charge in [-0.1, -0.05) is 42.5 Å². The third kappa shape index (κ3) is 2.05. The maximum absolute atomic E-state index is 5.57. The summed E-state index contributed by atoms with van der Waals surface area (Å²) >= 11 is 4.97. The van der Waals surface area contributed by atoms with Crippen LogP contribution in [0, 0.1) is 0 Å². The number of thiocarbonyl (C=S) groups is 1. The SMILES string of the molecule is S=C1COC(c2ccccc2)CN1. The van der Waals surface area contributed by atoms with Crippen molar-refractivity contribution in [3.8, 4) is 0 Å². The van der Waals surface area contributed by atoms with Crippen molar-refractivity contribution in [3.05, 3.63) is 35.9 Å². The Hall–Kier alpha value is -0.930. The molecule has 0 aliphatic carbocycles. The second-order valence-electron chi connectivity index (χ2n) is 3.01. The smallest absolute Gasteiger partial charge is 0.102 e. The lowest BCUT2D eigenvalue weighted by Gasteiger charge is -2.24. The van der Waals surface area contributed by atoms with Crippen LogP contribution in [-0.4, -0.2) is 18.1 Å². The maximum Gasteiger partial charge on any atom is 0.102 e. The van der Waals surface area contributed by atoms with Crippen LogP contribution in [0.1, 0.15) is 11.7 Å². The minimum Gasteiger partial charge on any atom is -0.375 e. The van der Waals surface area contributed by atoms with Crippen molar-refractivity contribution in [3.63, 3.8) is 0 Å². The fourth-order valence-electron chi connectivity index (χ4n) is 1.37. The number of hydrogen-bond donors (Lipinski definition) is 1. The van der Waals surface area contributed by atoms with E-state index >= 15 is 0 Å². The molecule has 1 heterocycles. The maximum atomic E-state index is 5.57. The van der Waals surface area contributed by atoms with Crippen molar-refractivity contribution in [2.75, 3.05) is 13.2 Å². The molecule has 2 rings (SSSR count). The van der Waals surface area contributed by atoms with Crippen LogP contribution in [0.5, 0.6) is 0 Å². The Morgan fingerprint density at radius 2 is 2.08 bits per heavy atom. The van der Waals surface area contributed by atoms with Crippen molar-refractivity contribution < 1.29 is 4.74 Å². The van der Waals surface area contributed by atoms with E-state index in [1.807, 2.05) is 18.2 Å². The van der Waals surface area contributed by atoms with Crippen molar-refractivity contribution in [1.29, 1.82) is 0 Å². The molecule has 2 nitrogen and oxygen atoms in total. The van der Waals surface area contributed by atoms with E-state index in [9.17, 15) is 0 Å². The quantitative estimate of drug-likeness (QED) is 0.686. The van der Waals surface area contributed by atoms with E-state index < -0.39 is 0 Å². The highest BCUT2D eigenvalue weighted by Gasteiger charge is 2.17. The summed E-state index contributed by atoms with van der Waals surface area (Å²) in [5, 5.41) is 3.14. The van der Waals surface area contributed by atoms with E-state index in [2.05, 4.69) is 17.4 Å². The van der Waals surface area contributed by atoms with Crippen LogP contribution in [0.2, 0.25) is 0 Å². The van der Waals surface area contributed by atoms with E-state index in [4.69, 9.17) is 17.0 Å². The molecule has 1 aromatic carbocycles. The van der Waals surface area contributed by atoms with Crippen LogP contribution < -0.4 is 5.32 Å². The summed E-state index contributed by atoms with van der Waals surface area (Å²) in [5.41, 5.74) is 1.21. The molecule has 1 unspecified atom stereocenters. The molecule has 0 radical (unpaired) electrons. The van der Waals surface area contributed by atoms with Crippen molar-refractivity contribution in [2.45, 2.75) is 6.10 Å². The highest BCUT2D eigenvalue weighted by atomic mass is 32.1. The minimum absolute atomic E-state index is 0.146. The Balaban J connectivity index is 2.07. The fourth-order valence-corrected chi connectivity index (χ4v) is 1.53. The molecular formula is C10H11NOS. The van der Waals surface area contributed by atoms with Crippen molar-refractivity contribution in [2.24, 2.45) is 0 Å². The Bertz CT molecular complexity index is 289. The molecule has 1 N–H and O–H groups in total. The van der Waals surface area contributed by atoms with Gasteiger partial charge < -0.3 is 10.1 Å². The lowest BCUT2D eigenvalue weighted by molar-refractivity contribution is 0.0703. The largest absolute Gasteiger partial charge is 0.375 e. The van der Waals surface area contributed by atoms with Crippen LogP contribution in [0.15, 0.2) is 30.3 Å². The fraction of sp³-hybridized carbons (Fsp3) is 0.300. The molecule has 0 amide bonds. The molecule has 1 atom stereocenters. The van der Waals surface area contributed by atoms with Gasteiger partial charge in [-0.3, -0.25) is 0 Å². The average Bonchev–Trinajstić information content (AvgIpc) is 2.20. The zero-order valence-electron chi connectivity index (χ0n) is 7.19. The Morgan fingerprint density at radius 1 is 1.31 bits per heavy atom. The standard InChI is InChI=1S/C10H11NOS/c13-10-7-12-9(6-11-10)8-4-2-1-3-5-8/h1-5,9H,6-7H2,(H,11,13). The molecule has 13 heavy (non-hydrogen) atoms. The van der Waals surface area contributed by atoms with Gasteiger partial charge in [-0.2, -0.15) is 0 Å². The highest BCUT2D eigenvalue weighted by molar-refractivity contribution is 7.80. The number of hydrogen-bond acceptors (Lipinski definition) is 2. The minimum atomic E-state index is 0.146. The van der Waals surface area contributed by atoms with Gasteiger partial charge in [-0.15, -0.1) is 0 Å². The Morgan fingerprint density at radius 3 is 2.69 bits per heavy atom. The van der Waals surface area contributed by atoms with Gasteiger partial charge in [0, 0.05) is 6.54 Å². The summed E-state index contributed by atoms with van der Waals surface area (Å²) in [5.74, 6) is 0. The first-order valence-electron chi connectivity index (χ1n) is 4.29. The first-order chi connectivity index (χ1) is 6.36. The summed E-state index contributed by atoms with van der Waals surface area (Å²) in [4.78, 5) is 0.798. The molecule has 0 saturated carbocycles. The molecule has 1 fully saturated rings. The third-order valence-corrected chi connectivity index (χ3v) is 2.33. The number of morpholine rings is 1. The number of nitrogens with one attached hydrogen (secondary N) is 1. The van der Waals surface area contributed by atoms with Crippen LogP contribution in [0.25, 0.3) is 0 Å². The predicted molar refractivity (Wildman–Crippen MR) is 55.7 cm³/mol. The lowest BCUT2D eigenvalue weighted by atomic mass is 10.1. The molecule has 1 aromatic rings. The molecular weight excluding hydrogens is 182 g/mol. The van der Waals surface area contributed by atoms with Gasteiger partial charge in [0.1, 0.15) is 11.1 Å². The molecule has 0 spiro atoms. The van der Waals surface area contributed by atoms with E-state index in [1.54, 1.807) is 0 Å². The highest BCUT2D eigenvalue weighted by Crippen LogP contribution is 2.18. The first kappa shape index (κ1) is 8.66. The topological polar surface area (TPSA) is 21.3 Å². The third-order valence-electron chi connectivity index (χ3n) is 2.07. The van der Waals surface area contributed by atoms with Crippen LogP contribution >= 0.6 is 12.2 Å². The number of rotatable bonds is 1. The Labute approximate surface area is 82.9 Å². The van der Waals surface area contributed by atoms with Crippen LogP contribution in [-0.2, 0) is 4.74 Å². The normalized spacial score (nSPS) is 22.5. The van der Waals surface area contributed by atoms with Gasteiger partial charge in [0.15, 0.2) is 0 Å². The van der Waals surface area contributed by atoms with Crippen LogP contribution in [0.4, 0.5) is 0 Å². The zero-order valence-corrected chi connectivity index (χ0v) is 8.01. The van der Waals surface area contributed by atoms with E-state index in [-0.39, 0.29) is 6.10 Å². The Kier molecular flexibility index (Phi) is 2.57. The molecule has 3 heteroatoms. The number of benzene rings is 1. The van der Waals surface area contributed by atoms with Gasteiger partial charge in [0.05, 0.1) is 6.61 Å². The molecule has 68 valence electrons. The average molecular weight is 193 g/mol. The van der Waals surface area contributed by atoms with Gasteiger partial charge in [-0.25, -0.2) is 0 Å². The predicted octanol–water partition coefficient (Wildman–Crippen LogP) is 1.67. The summed E-state index contributed by atoms with van der Waals surface area (Å²) in [6.07, 6.45) is 0.146. The summed E-state index contributed by atoms with van der Waals surface area (Å²) in [7, 11) is 0. The summed E-state index contributed by atoms with van der Waals surface area (Å²) < 4.78 is 5.57. The molecule has 1 saturated heterocycles. The van der Waals surface area contributed by atoms with Gasteiger partial charge in [0.2, 0.25) is 0 Å². The summed E-state index contributed by atoms with van der Waals surface area (Å²) in [6.45, 7) is 1.32. The zero-order chi connectivity index (χ0) is 9.10. The van der Waals surface area contributed by atoms with Crippen molar-refractivity contribution in [1.82, 2.24) is 5.32 Å². The molecule has 0 aromatic heterocycles. The monoisotopic (exact) mass is 193 g/mol. The number of ether oxygens (including phenoxy) is 1. The van der Waals surface area contributed by atoms with Crippen LogP contribution in [0.3, 0.4) is 0 Å². The second-order valence-corrected chi connectivity index (χ2v) is 3.51. The molecule has 1 aliphatic heterocycles. The van der Waals surface area contributed by atoms with Crippen molar-refractivity contribution >= 4 is 17.2 Å².